The van der Waals surface area contributed by atoms with Gasteiger partial charge in [-0.2, -0.15) is 0 Å². The molecule has 2 nitrogen and oxygen atoms in total. The van der Waals surface area contributed by atoms with E-state index in [9.17, 15) is 0 Å². The van der Waals surface area contributed by atoms with Gasteiger partial charge in [0.05, 0.1) is 5.69 Å². The highest BCUT2D eigenvalue weighted by Gasteiger charge is 2.07. The second-order valence-corrected chi connectivity index (χ2v) is 5.68. The van der Waals surface area contributed by atoms with Crippen molar-refractivity contribution in [1.82, 2.24) is 0 Å². The third-order valence-electron chi connectivity index (χ3n) is 2.17. The van der Waals surface area contributed by atoms with Crippen LogP contribution in [0.5, 0.6) is 0 Å². The molecule has 1 rings (SSSR count). The highest BCUT2D eigenvalue weighted by Crippen LogP contribution is 2.32. The first-order valence-corrected chi connectivity index (χ1v) is 7.08. The lowest BCUT2D eigenvalue weighted by atomic mass is 10.1. The minimum Gasteiger partial charge on any atom is -0.376 e. The highest BCUT2D eigenvalue weighted by atomic mass is 79.9. The van der Waals surface area contributed by atoms with Crippen molar-refractivity contribution in [3.8, 4) is 0 Å². The molecule has 0 fully saturated rings. The summed E-state index contributed by atoms with van der Waals surface area (Å²) in [7, 11) is 0. The van der Waals surface area contributed by atoms with E-state index in [4.69, 9.17) is 18.0 Å². The summed E-state index contributed by atoms with van der Waals surface area (Å²) >= 11 is 11.8. The second-order valence-electron chi connectivity index (χ2n) is 3.53. The predicted molar refractivity (Wildman–Crippen MR) is 80.9 cm³/mol. The zero-order valence-electron chi connectivity index (χ0n) is 9.02. The van der Waals surface area contributed by atoms with Crippen LogP contribution in [0.25, 0.3) is 0 Å². The average Bonchev–Trinajstić information content (AvgIpc) is 2.20. The third-order valence-corrected chi connectivity index (χ3v) is 3.52. The summed E-state index contributed by atoms with van der Waals surface area (Å²) in [6, 6.07) is 4.20. The van der Waals surface area contributed by atoms with Crippen LogP contribution < -0.4 is 11.1 Å². The molecule has 0 radical (unpaired) electrons. The lowest BCUT2D eigenvalue weighted by Gasteiger charge is -2.11. The Bertz CT molecular complexity index is 371. The molecule has 16 heavy (non-hydrogen) atoms. The Hall–Kier alpha value is -0.130. The Morgan fingerprint density at radius 2 is 1.94 bits per heavy atom. The van der Waals surface area contributed by atoms with E-state index < -0.39 is 0 Å². The summed E-state index contributed by atoms with van der Waals surface area (Å²) in [5.74, 6) is 0. The van der Waals surface area contributed by atoms with Gasteiger partial charge in [0.15, 0.2) is 5.11 Å². The van der Waals surface area contributed by atoms with Crippen LogP contribution in [0.3, 0.4) is 0 Å². The molecule has 0 saturated carbocycles. The molecule has 0 saturated heterocycles. The maximum absolute atomic E-state index is 5.46. The molecule has 0 heterocycles. The van der Waals surface area contributed by atoms with E-state index in [-0.39, 0.29) is 5.11 Å². The molecule has 5 heteroatoms. The van der Waals surface area contributed by atoms with Gasteiger partial charge >= 0.3 is 0 Å². The molecule has 0 spiro atoms. The quantitative estimate of drug-likeness (QED) is 0.785. The summed E-state index contributed by atoms with van der Waals surface area (Å²) in [4.78, 5) is 0. The van der Waals surface area contributed by atoms with Crippen LogP contribution in [-0.4, -0.2) is 5.11 Å². The summed E-state index contributed by atoms with van der Waals surface area (Å²) in [6.45, 7) is 2.19. The number of nitrogens with one attached hydrogen (secondary N) is 1. The minimum absolute atomic E-state index is 0.266. The molecule has 0 atom stereocenters. The molecule has 0 aliphatic heterocycles. The van der Waals surface area contributed by atoms with E-state index in [1.807, 2.05) is 0 Å². The van der Waals surface area contributed by atoms with Gasteiger partial charge in [-0.3, -0.25) is 0 Å². The van der Waals surface area contributed by atoms with Crippen LogP contribution >= 0.6 is 44.1 Å². The van der Waals surface area contributed by atoms with Crippen molar-refractivity contribution in [2.24, 2.45) is 5.73 Å². The van der Waals surface area contributed by atoms with Crippen LogP contribution in [-0.2, 0) is 6.42 Å². The van der Waals surface area contributed by atoms with E-state index in [2.05, 4.69) is 56.2 Å². The maximum atomic E-state index is 5.46. The first kappa shape index (κ1) is 13.9. The van der Waals surface area contributed by atoms with Crippen LogP contribution in [0.1, 0.15) is 25.3 Å². The molecular formula is C11H14Br2N2S. The lowest BCUT2D eigenvalue weighted by Crippen LogP contribution is -2.19. The molecule has 0 bridgehead atoms. The average molecular weight is 366 g/mol. The number of benzene rings is 1. The number of anilines is 1. The number of rotatable bonds is 4. The molecule has 0 aliphatic carbocycles. The van der Waals surface area contributed by atoms with Crippen LogP contribution in [0.15, 0.2) is 21.1 Å². The number of aryl methyl sites for hydroxylation is 1. The summed E-state index contributed by atoms with van der Waals surface area (Å²) < 4.78 is 1.95. The number of halogens is 2. The molecule has 88 valence electrons. The smallest absolute Gasteiger partial charge is 0.168 e. The van der Waals surface area contributed by atoms with Crippen LogP contribution in [0, 0.1) is 0 Å². The Balaban J connectivity index is 2.93. The first-order chi connectivity index (χ1) is 7.54. The first-order valence-electron chi connectivity index (χ1n) is 5.09. The fourth-order valence-corrected chi connectivity index (χ4v) is 2.98. The largest absolute Gasteiger partial charge is 0.376 e. The van der Waals surface area contributed by atoms with Crippen LogP contribution in [0.2, 0.25) is 0 Å². The van der Waals surface area contributed by atoms with Gasteiger partial charge in [-0.15, -0.1) is 0 Å². The standard InChI is InChI=1S/C11H14Br2N2S/c1-2-3-4-7-5-8(12)10(9(13)6-7)15-11(14)16/h5-6H,2-4H2,1H3,(H3,14,15,16). The minimum atomic E-state index is 0.266. The van der Waals surface area contributed by atoms with Crippen molar-refractivity contribution in [1.29, 1.82) is 0 Å². The van der Waals surface area contributed by atoms with Gasteiger partial charge in [0, 0.05) is 8.95 Å². The van der Waals surface area contributed by atoms with Gasteiger partial charge in [-0.1, -0.05) is 13.3 Å². The van der Waals surface area contributed by atoms with Crippen LogP contribution in [0.4, 0.5) is 5.69 Å². The van der Waals surface area contributed by atoms with E-state index in [0.29, 0.717) is 0 Å². The topological polar surface area (TPSA) is 38.0 Å². The SMILES string of the molecule is CCCCc1cc(Br)c(NC(N)=S)c(Br)c1. The van der Waals surface area contributed by atoms with Gasteiger partial charge in [-0.05, 0) is 74.6 Å². The Labute approximate surface area is 118 Å². The zero-order chi connectivity index (χ0) is 12.1. The van der Waals surface area contributed by atoms with E-state index in [1.165, 1.54) is 18.4 Å². The molecule has 0 unspecified atom stereocenters. The van der Waals surface area contributed by atoms with Crippen molar-refractivity contribution >= 4 is 54.9 Å². The number of hydrogen-bond donors (Lipinski definition) is 2. The summed E-state index contributed by atoms with van der Waals surface area (Å²) in [5.41, 5.74) is 7.64. The molecule has 0 aromatic heterocycles. The molecule has 0 amide bonds. The maximum Gasteiger partial charge on any atom is 0.168 e. The highest BCUT2D eigenvalue weighted by molar-refractivity contribution is 9.11. The molecule has 3 N–H and O–H groups in total. The van der Waals surface area contributed by atoms with Gasteiger partial charge in [0.2, 0.25) is 0 Å². The van der Waals surface area contributed by atoms with Gasteiger partial charge in [-0.25, -0.2) is 0 Å². The predicted octanol–water partition coefficient (Wildman–Crippen LogP) is 4.21. The van der Waals surface area contributed by atoms with E-state index in [0.717, 1.165) is 21.1 Å². The fraction of sp³-hybridized carbons (Fsp3) is 0.364. The van der Waals surface area contributed by atoms with Crippen molar-refractivity contribution in [3.63, 3.8) is 0 Å². The fourth-order valence-electron chi connectivity index (χ4n) is 1.39. The van der Waals surface area contributed by atoms with Gasteiger partial charge in [0.1, 0.15) is 0 Å². The Morgan fingerprint density at radius 1 is 1.38 bits per heavy atom. The number of hydrogen-bond acceptors (Lipinski definition) is 1. The number of thiocarbonyl (C=S) groups is 1. The number of nitrogens with two attached hydrogens (primary N) is 1. The Kier molecular flexibility index (Phi) is 5.72. The molecule has 0 aliphatic rings. The summed E-state index contributed by atoms with van der Waals surface area (Å²) in [6.07, 6.45) is 3.48. The van der Waals surface area contributed by atoms with Crippen molar-refractivity contribution < 1.29 is 0 Å². The van der Waals surface area contributed by atoms with Crippen molar-refractivity contribution in [3.05, 3.63) is 26.6 Å². The number of unbranched alkanes of at least 4 members (excludes halogenated alkanes) is 1. The normalized spacial score (nSPS) is 10.2. The van der Waals surface area contributed by atoms with E-state index in [1.54, 1.807) is 0 Å². The monoisotopic (exact) mass is 364 g/mol. The zero-order valence-corrected chi connectivity index (χ0v) is 13.0. The lowest BCUT2D eigenvalue weighted by molar-refractivity contribution is 0.794. The molecule has 1 aromatic rings. The van der Waals surface area contributed by atoms with Gasteiger partial charge in [0.25, 0.3) is 0 Å². The Morgan fingerprint density at radius 3 is 2.38 bits per heavy atom. The third kappa shape index (κ3) is 4.03. The van der Waals surface area contributed by atoms with E-state index >= 15 is 0 Å². The molecule has 1 aromatic carbocycles. The van der Waals surface area contributed by atoms with Crippen molar-refractivity contribution in [2.75, 3.05) is 5.32 Å². The van der Waals surface area contributed by atoms with Gasteiger partial charge < -0.3 is 11.1 Å². The second kappa shape index (κ2) is 6.57. The summed E-state index contributed by atoms with van der Waals surface area (Å²) in [5, 5.41) is 3.21. The molecular weight excluding hydrogens is 352 g/mol. The van der Waals surface area contributed by atoms with Crippen molar-refractivity contribution in [2.45, 2.75) is 26.2 Å².